The molecule has 1 aromatic heterocycles. The molecule has 1 aliphatic heterocycles. The average Bonchev–Trinajstić information content (AvgIpc) is 3.22. The Hall–Kier alpha value is -2.35. The third-order valence-corrected chi connectivity index (χ3v) is 4.63. The second-order valence-corrected chi connectivity index (χ2v) is 6.26. The van der Waals surface area contributed by atoms with Gasteiger partial charge in [0.15, 0.2) is 5.76 Å². The van der Waals surface area contributed by atoms with Crippen molar-refractivity contribution >= 4 is 29.9 Å². The highest BCUT2D eigenvalue weighted by Crippen LogP contribution is 2.22. The lowest BCUT2D eigenvalue weighted by Gasteiger charge is -2.34. The maximum Gasteiger partial charge on any atom is 0.291 e. The summed E-state index contributed by atoms with van der Waals surface area (Å²) < 4.78 is 10.6. The highest BCUT2D eigenvalue weighted by Gasteiger charge is 2.39. The SMILES string of the molecule is COC1(C(=O)NCc2ccc(NC(=O)c3ccco3)cc2)CCNCC1.Cl. The lowest BCUT2D eigenvalue weighted by molar-refractivity contribution is -0.146. The zero-order chi connectivity index (χ0) is 18.4. The molecule has 0 atom stereocenters. The quantitative estimate of drug-likeness (QED) is 0.700. The Balaban J connectivity index is 0.00000261. The van der Waals surface area contributed by atoms with E-state index in [4.69, 9.17) is 9.15 Å². The van der Waals surface area contributed by atoms with E-state index in [0.717, 1.165) is 18.7 Å². The van der Waals surface area contributed by atoms with Crippen LogP contribution in [0.3, 0.4) is 0 Å². The molecule has 0 radical (unpaired) electrons. The van der Waals surface area contributed by atoms with Crippen LogP contribution in [0.5, 0.6) is 0 Å². The normalized spacial score (nSPS) is 15.4. The van der Waals surface area contributed by atoms with Crippen molar-refractivity contribution in [3.8, 4) is 0 Å². The average molecular weight is 394 g/mol. The van der Waals surface area contributed by atoms with Gasteiger partial charge in [0, 0.05) is 19.3 Å². The van der Waals surface area contributed by atoms with Crippen LogP contribution in [0.1, 0.15) is 29.0 Å². The smallest absolute Gasteiger partial charge is 0.291 e. The van der Waals surface area contributed by atoms with E-state index in [-0.39, 0.29) is 30.0 Å². The predicted molar refractivity (Wildman–Crippen MR) is 104 cm³/mol. The van der Waals surface area contributed by atoms with Crippen molar-refractivity contribution in [2.45, 2.75) is 25.0 Å². The van der Waals surface area contributed by atoms with Gasteiger partial charge in [-0.3, -0.25) is 9.59 Å². The fraction of sp³-hybridized carbons (Fsp3) is 0.368. The molecular formula is C19H24ClN3O4. The van der Waals surface area contributed by atoms with Crippen molar-refractivity contribution in [1.82, 2.24) is 10.6 Å². The number of anilines is 1. The predicted octanol–water partition coefficient (Wildman–Crippen LogP) is 2.34. The van der Waals surface area contributed by atoms with Crippen LogP contribution in [-0.2, 0) is 16.1 Å². The molecule has 27 heavy (non-hydrogen) atoms. The Kier molecular flexibility index (Phi) is 7.41. The number of rotatable bonds is 6. The van der Waals surface area contributed by atoms with Crippen LogP contribution in [0.25, 0.3) is 0 Å². The molecule has 3 N–H and O–H groups in total. The molecule has 1 saturated heterocycles. The van der Waals surface area contributed by atoms with Gasteiger partial charge < -0.3 is 25.1 Å². The zero-order valence-electron chi connectivity index (χ0n) is 15.1. The van der Waals surface area contributed by atoms with Crippen molar-refractivity contribution in [2.24, 2.45) is 0 Å². The molecule has 0 bridgehead atoms. The van der Waals surface area contributed by atoms with Gasteiger partial charge >= 0.3 is 0 Å². The molecule has 0 aliphatic carbocycles. The molecule has 0 saturated carbocycles. The number of benzene rings is 1. The van der Waals surface area contributed by atoms with Gasteiger partial charge in [0.1, 0.15) is 5.60 Å². The molecule has 3 rings (SSSR count). The number of hydrogen-bond donors (Lipinski definition) is 3. The van der Waals surface area contributed by atoms with E-state index >= 15 is 0 Å². The van der Waals surface area contributed by atoms with E-state index in [1.165, 1.54) is 6.26 Å². The van der Waals surface area contributed by atoms with Gasteiger partial charge in [0.25, 0.3) is 11.8 Å². The summed E-state index contributed by atoms with van der Waals surface area (Å²) in [4.78, 5) is 24.5. The van der Waals surface area contributed by atoms with E-state index in [1.54, 1.807) is 31.4 Å². The molecule has 0 unspecified atom stereocenters. The van der Waals surface area contributed by atoms with Gasteiger partial charge in [0.05, 0.1) is 6.26 Å². The van der Waals surface area contributed by atoms with Gasteiger partial charge in [0.2, 0.25) is 0 Å². The van der Waals surface area contributed by atoms with E-state index in [9.17, 15) is 9.59 Å². The zero-order valence-corrected chi connectivity index (χ0v) is 15.9. The molecule has 7 nitrogen and oxygen atoms in total. The molecule has 2 heterocycles. The van der Waals surface area contributed by atoms with Crippen molar-refractivity contribution in [3.63, 3.8) is 0 Å². The number of furan rings is 1. The maximum absolute atomic E-state index is 12.5. The summed E-state index contributed by atoms with van der Waals surface area (Å²) in [6.45, 7) is 1.94. The third kappa shape index (κ3) is 5.09. The Morgan fingerprint density at radius 1 is 1.19 bits per heavy atom. The van der Waals surface area contributed by atoms with Gasteiger partial charge in [-0.25, -0.2) is 0 Å². The third-order valence-electron chi connectivity index (χ3n) is 4.63. The Morgan fingerprint density at radius 3 is 2.48 bits per heavy atom. The van der Waals surface area contributed by atoms with Crippen molar-refractivity contribution in [2.75, 3.05) is 25.5 Å². The summed E-state index contributed by atoms with van der Waals surface area (Å²) >= 11 is 0. The molecule has 0 spiro atoms. The molecular weight excluding hydrogens is 370 g/mol. The van der Waals surface area contributed by atoms with Crippen LogP contribution in [0.2, 0.25) is 0 Å². The van der Waals surface area contributed by atoms with E-state index in [2.05, 4.69) is 16.0 Å². The highest BCUT2D eigenvalue weighted by molar-refractivity contribution is 6.02. The minimum absolute atomic E-state index is 0. The summed E-state index contributed by atoms with van der Waals surface area (Å²) in [5.74, 6) is -0.131. The Bertz CT molecular complexity index is 741. The van der Waals surface area contributed by atoms with Crippen LogP contribution >= 0.6 is 12.4 Å². The first-order valence-electron chi connectivity index (χ1n) is 8.61. The maximum atomic E-state index is 12.5. The van der Waals surface area contributed by atoms with Gasteiger partial charge in [-0.2, -0.15) is 0 Å². The van der Waals surface area contributed by atoms with E-state index in [1.807, 2.05) is 12.1 Å². The first-order chi connectivity index (χ1) is 12.6. The summed E-state index contributed by atoms with van der Waals surface area (Å²) in [7, 11) is 1.58. The number of hydrogen-bond acceptors (Lipinski definition) is 5. The number of methoxy groups -OCH3 is 1. The Morgan fingerprint density at radius 2 is 1.89 bits per heavy atom. The lowest BCUT2D eigenvalue weighted by atomic mass is 9.91. The number of amides is 2. The van der Waals surface area contributed by atoms with Crippen LogP contribution in [0.15, 0.2) is 47.1 Å². The molecule has 1 aliphatic rings. The molecule has 2 amide bonds. The fourth-order valence-electron chi connectivity index (χ4n) is 3.00. The topological polar surface area (TPSA) is 92.6 Å². The fourth-order valence-corrected chi connectivity index (χ4v) is 3.00. The van der Waals surface area contributed by atoms with Crippen molar-refractivity contribution < 1.29 is 18.7 Å². The lowest BCUT2D eigenvalue weighted by Crippen LogP contribution is -2.53. The largest absolute Gasteiger partial charge is 0.459 e. The second kappa shape index (κ2) is 9.55. The standard InChI is InChI=1S/C19H23N3O4.ClH/c1-25-19(8-10-20-11-9-19)18(24)21-13-14-4-6-15(7-5-14)22-17(23)16-3-2-12-26-16;/h2-7,12,20H,8-11,13H2,1H3,(H,21,24)(H,22,23);1H. The van der Waals surface area contributed by atoms with Crippen LogP contribution in [0, 0.1) is 0 Å². The monoisotopic (exact) mass is 393 g/mol. The first-order valence-corrected chi connectivity index (χ1v) is 8.61. The van der Waals surface area contributed by atoms with E-state index in [0.29, 0.717) is 25.1 Å². The van der Waals surface area contributed by atoms with Gasteiger partial charge in [-0.05, 0) is 55.8 Å². The van der Waals surface area contributed by atoms with Crippen LogP contribution < -0.4 is 16.0 Å². The minimum atomic E-state index is -0.748. The number of carbonyl (C=O) groups excluding carboxylic acids is 2. The number of carbonyl (C=O) groups is 2. The molecule has 8 heteroatoms. The Labute approximate surface area is 164 Å². The minimum Gasteiger partial charge on any atom is -0.459 e. The summed E-state index contributed by atoms with van der Waals surface area (Å²) in [6, 6.07) is 10.6. The van der Waals surface area contributed by atoms with Crippen molar-refractivity contribution in [3.05, 3.63) is 54.0 Å². The highest BCUT2D eigenvalue weighted by atomic mass is 35.5. The van der Waals surface area contributed by atoms with Crippen LogP contribution in [0.4, 0.5) is 5.69 Å². The number of nitrogens with one attached hydrogen (secondary N) is 3. The second-order valence-electron chi connectivity index (χ2n) is 6.26. The molecule has 1 fully saturated rings. The van der Waals surface area contributed by atoms with E-state index < -0.39 is 5.60 Å². The molecule has 1 aromatic carbocycles. The van der Waals surface area contributed by atoms with Crippen molar-refractivity contribution in [1.29, 1.82) is 0 Å². The number of piperidine rings is 1. The number of halogens is 1. The number of ether oxygens (including phenoxy) is 1. The van der Waals surface area contributed by atoms with Gasteiger partial charge in [-0.15, -0.1) is 12.4 Å². The first kappa shape index (κ1) is 21.0. The van der Waals surface area contributed by atoms with Gasteiger partial charge in [-0.1, -0.05) is 12.1 Å². The molecule has 146 valence electrons. The summed E-state index contributed by atoms with van der Waals surface area (Å²) in [5, 5.41) is 8.94. The summed E-state index contributed by atoms with van der Waals surface area (Å²) in [6.07, 6.45) is 2.77. The summed E-state index contributed by atoms with van der Waals surface area (Å²) in [5.41, 5.74) is 0.852. The molecule has 2 aromatic rings. The van der Waals surface area contributed by atoms with Crippen LogP contribution in [-0.4, -0.2) is 37.6 Å².